The maximum atomic E-state index is 12.1. The summed E-state index contributed by atoms with van der Waals surface area (Å²) < 4.78 is 32.8. The highest BCUT2D eigenvalue weighted by Gasteiger charge is 2.17. The van der Waals surface area contributed by atoms with E-state index in [9.17, 15) is 18.0 Å². The summed E-state index contributed by atoms with van der Waals surface area (Å²) in [6.45, 7) is 1.39. The number of nitrogens with two attached hydrogens (primary N) is 1. The molecule has 0 atom stereocenters. The van der Waals surface area contributed by atoms with Gasteiger partial charge in [0.05, 0.1) is 17.6 Å². The minimum Gasteiger partial charge on any atom is -0.497 e. The summed E-state index contributed by atoms with van der Waals surface area (Å²) in [4.78, 5) is 23.8. The van der Waals surface area contributed by atoms with Crippen LogP contribution in [-0.4, -0.2) is 34.0 Å². The molecule has 2 aromatic carbocycles. The average Bonchev–Trinajstić information content (AvgIpc) is 2.64. The van der Waals surface area contributed by atoms with Crippen LogP contribution in [0.15, 0.2) is 47.4 Å². The van der Waals surface area contributed by atoms with Crippen LogP contribution in [0.25, 0.3) is 0 Å². The summed E-state index contributed by atoms with van der Waals surface area (Å²) in [6, 6.07) is 11.0. The van der Waals surface area contributed by atoms with Crippen LogP contribution >= 0.6 is 0 Å². The first kappa shape index (κ1) is 20.4. The molecule has 0 aliphatic heterocycles. The number of nitrogens with one attached hydrogen (secondary N) is 1. The van der Waals surface area contributed by atoms with Crippen molar-refractivity contribution < 1.29 is 27.5 Å². The van der Waals surface area contributed by atoms with Crippen LogP contribution < -0.4 is 15.2 Å². The molecule has 0 spiro atoms. The molecule has 0 saturated heterocycles. The van der Waals surface area contributed by atoms with Gasteiger partial charge in [-0.05, 0) is 42.3 Å². The molecular weight excluding hydrogens is 372 g/mol. The molecule has 8 nitrogen and oxygen atoms in total. The number of hydrogen-bond donors (Lipinski definition) is 2. The fraction of sp³-hybridized carbons (Fsp3) is 0.222. The van der Waals surface area contributed by atoms with E-state index in [0.29, 0.717) is 11.3 Å². The normalized spacial score (nSPS) is 10.9. The standard InChI is InChI=1S/C18H20N2O6S/c1-12-3-8-15(27(19,23)24)9-16(12)18(22)26-11-17(21)20-10-13-4-6-14(25-2)7-5-13/h3-9H,10-11H2,1-2H3,(H,20,21)(H2,19,23,24). The highest BCUT2D eigenvalue weighted by molar-refractivity contribution is 7.89. The molecule has 0 heterocycles. The fourth-order valence-corrected chi connectivity index (χ4v) is 2.74. The Morgan fingerprint density at radius 3 is 2.37 bits per heavy atom. The molecule has 0 aromatic heterocycles. The molecular formula is C18H20N2O6S. The quantitative estimate of drug-likeness (QED) is 0.681. The van der Waals surface area contributed by atoms with Crippen LogP contribution in [0.2, 0.25) is 0 Å². The zero-order valence-electron chi connectivity index (χ0n) is 14.9. The van der Waals surface area contributed by atoms with Crippen molar-refractivity contribution in [1.82, 2.24) is 5.32 Å². The predicted molar refractivity (Wildman–Crippen MR) is 97.7 cm³/mol. The highest BCUT2D eigenvalue weighted by Crippen LogP contribution is 2.15. The Morgan fingerprint density at radius 2 is 1.78 bits per heavy atom. The molecule has 0 saturated carbocycles. The largest absolute Gasteiger partial charge is 0.497 e. The Balaban J connectivity index is 1.92. The molecule has 0 aliphatic carbocycles. The van der Waals surface area contributed by atoms with Crippen LogP contribution in [0.1, 0.15) is 21.5 Å². The van der Waals surface area contributed by atoms with Gasteiger partial charge in [-0.2, -0.15) is 0 Å². The first-order valence-corrected chi connectivity index (χ1v) is 9.45. The third-order valence-corrected chi connectivity index (χ3v) is 4.65. The first-order chi connectivity index (χ1) is 12.7. The van der Waals surface area contributed by atoms with Crippen LogP contribution in [0.4, 0.5) is 0 Å². The van der Waals surface area contributed by atoms with Gasteiger partial charge in [0.25, 0.3) is 5.91 Å². The molecule has 27 heavy (non-hydrogen) atoms. The van der Waals surface area contributed by atoms with E-state index in [2.05, 4.69) is 5.32 Å². The molecule has 1 amide bonds. The molecule has 0 unspecified atom stereocenters. The van der Waals surface area contributed by atoms with E-state index in [-0.39, 0.29) is 17.0 Å². The summed E-state index contributed by atoms with van der Waals surface area (Å²) in [5.41, 5.74) is 1.39. The number of aryl methyl sites for hydroxylation is 1. The van der Waals surface area contributed by atoms with Crippen LogP contribution in [0, 0.1) is 6.92 Å². The van der Waals surface area contributed by atoms with Crippen molar-refractivity contribution in [1.29, 1.82) is 0 Å². The lowest BCUT2D eigenvalue weighted by Crippen LogP contribution is -2.28. The van der Waals surface area contributed by atoms with Crippen molar-refractivity contribution in [3.63, 3.8) is 0 Å². The second-order valence-electron chi connectivity index (χ2n) is 5.72. The second kappa shape index (κ2) is 8.65. The summed E-state index contributed by atoms with van der Waals surface area (Å²) in [5, 5.41) is 7.68. The maximum absolute atomic E-state index is 12.1. The van der Waals surface area contributed by atoms with Gasteiger partial charge >= 0.3 is 5.97 Å². The Hall–Kier alpha value is -2.91. The number of hydrogen-bond acceptors (Lipinski definition) is 6. The third kappa shape index (κ3) is 5.80. The van der Waals surface area contributed by atoms with Crippen molar-refractivity contribution >= 4 is 21.9 Å². The lowest BCUT2D eigenvalue weighted by atomic mass is 10.1. The van der Waals surface area contributed by atoms with Gasteiger partial charge in [-0.1, -0.05) is 18.2 Å². The minimum atomic E-state index is -3.95. The SMILES string of the molecule is COc1ccc(CNC(=O)COC(=O)c2cc(S(N)(=O)=O)ccc2C)cc1. The highest BCUT2D eigenvalue weighted by atomic mass is 32.2. The van der Waals surface area contributed by atoms with E-state index in [1.54, 1.807) is 38.3 Å². The number of amides is 1. The number of carbonyl (C=O) groups excluding carboxylic acids is 2. The molecule has 2 aromatic rings. The number of methoxy groups -OCH3 is 1. The third-order valence-electron chi connectivity index (χ3n) is 3.74. The summed E-state index contributed by atoms with van der Waals surface area (Å²) in [7, 11) is -2.39. The van der Waals surface area contributed by atoms with Crippen molar-refractivity contribution in [3.05, 3.63) is 59.2 Å². The molecule has 3 N–H and O–H groups in total. The van der Waals surface area contributed by atoms with Gasteiger partial charge in [-0.25, -0.2) is 18.4 Å². The minimum absolute atomic E-state index is 0.0319. The van der Waals surface area contributed by atoms with E-state index >= 15 is 0 Å². The Morgan fingerprint density at radius 1 is 1.11 bits per heavy atom. The van der Waals surface area contributed by atoms with Crippen LogP contribution in [0.3, 0.4) is 0 Å². The average molecular weight is 392 g/mol. The molecule has 2 rings (SSSR count). The van der Waals surface area contributed by atoms with Gasteiger partial charge in [-0.15, -0.1) is 0 Å². The molecule has 0 radical (unpaired) electrons. The number of carbonyl (C=O) groups is 2. The summed E-state index contributed by atoms with van der Waals surface area (Å²) >= 11 is 0. The van der Waals surface area contributed by atoms with Gasteiger partial charge in [0, 0.05) is 6.54 Å². The zero-order chi connectivity index (χ0) is 20.0. The number of ether oxygens (including phenoxy) is 2. The van der Waals surface area contributed by atoms with Gasteiger partial charge in [-0.3, -0.25) is 4.79 Å². The molecule has 0 fully saturated rings. The topological polar surface area (TPSA) is 125 Å². The lowest BCUT2D eigenvalue weighted by molar-refractivity contribution is -0.124. The first-order valence-electron chi connectivity index (χ1n) is 7.91. The Labute approximate surface area is 157 Å². The van der Waals surface area contributed by atoms with Crippen molar-refractivity contribution in [2.75, 3.05) is 13.7 Å². The van der Waals surface area contributed by atoms with E-state index in [0.717, 1.165) is 11.6 Å². The van der Waals surface area contributed by atoms with Crippen LogP contribution in [0.5, 0.6) is 5.75 Å². The smallest absolute Gasteiger partial charge is 0.338 e. The monoisotopic (exact) mass is 392 g/mol. The van der Waals surface area contributed by atoms with Crippen molar-refractivity contribution in [2.24, 2.45) is 5.14 Å². The van der Waals surface area contributed by atoms with E-state index < -0.39 is 28.5 Å². The Bertz CT molecular complexity index is 939. The van der Waals surface area contributed by atoms with Crippen LogP contribution in [-0.2, 0) is 26.1 Å². The molecule has 9 heteroatoms. The van der Waals surface area contributed by atoms with E-state index in [1.807, 2.05) is 0 Å². The summed E-state index contributed by atoms with van der Waals surface area (Å²) in [6.07, 6.45) is 0. The van der Waals surface area contributed by atoms with Crippen molar-refractivity contribution in [2.45, 2.75) is 18.4 Å². The summed E-state index contributed by atoms with van der Waals surface area (Å²) in [5.74, 6) is -0.590. The fourth-order valence-electron chi connectivity index (χ4n) is 2.20. The maximum Gasteiger partial charge on any atom is 0.338 e. The van der Waals surface area contributed by atoms with E-state index in [4.69, 9.17) is 14.6 Å². The molecule has 0 bridgehead atoms. The lowest BCUT2D eigenvalue weighted by Gasteiger charge is -2.09. The van der Waals surface area contributed by atoms with Gasteiger partial charge in [0.1, 0.15) is 5.75 Å². The number of sulfonamides is 1. The number of esters is 1. The van der Waals surface area contributed by atoms with Gasteiger partial charge in [0.15, 0.2) is 6.61 Å². The zero-order valence-corrected chi connectivity index (χ0v) is 15.7. The Kier molecular flexibility index (Phi) is 6.54. The second-order valence-corrected chi connectivity index (χ2v) is 7.28. The molecule has 0 aliphatic rings. The number of benzene rings is 2. The predicted octanol–water partition coefficient (Wildman–Crippen LogP) is 1.12. The van der Waals surface area contributed by atoms with Crippen molar-refractivity contribution in [3.8, 4) is 5.75 Å². The van der Waals surface area contributed by atoms with Gasteiger partial charge < -0.3 is 14.8 Å². The molecule has 144 valence electrons. The number of rotatable bonds is 7. The van der Waals surface area contributed by atoms with E-state index in [1.165, 1.54) is 12.1 Å². The number of primary sulfonamides is 1. The van der Waals surface area contributed by atoms with Gasteiger partial charge in [0.2, 0.25) is 10.0 Å².